The smallest absolute Gasteiger partial charge is 0.256 e. The molecule has 2 fully saturated rings. The first-order valence-electron chi connectivity index (χ1n) is 8.30. The minimum absolute atomic E-state index is 0.553. The van der Waals surface area contributed by atoms with E-state index in [4.69, 9.17) is 21.7 Å². The molecule has 128 valence electrons. The first kappa shape index (κ1) is 18.6. The minimum atomic E-state index is 0.553. The Hall–Kier alpha value is 0.310. The van der Waals surface area contributed by atoms with Gasteiger partial charge in [-0.05, 0) is 31.0 Å². The Kier molecular flexibility index (Phi) is 9.99. The number of unbranched alkanes of at least 4 members (excludes halogenated alkanes) is 2. The summed E-state index contributed by atoms with van der Waals surface area (Å²) < 4.78 is 10.9. The molecule has 2 aliphatic rings. The van der Waals surface area contributed by atoms with Crippen molar-refractivity contribution in [2.24, 2.45) is 5.92 Å². The standard InChI is InChI=1S/C15H28N2O2S3/c20-15(16-5-6-17-7-10-18-11-8-17)19-9-3-1-2-4-14-12-21-22-13-14/h14H,1-13H2,(H,16,20). The van der Waals surface area contributed by atoms with E-state index in [1.165, 1.54) is 30.8 Å². The highest BCUT2D eigenvalue weighted by atomic mass is 33.1. The summed E-state index contributed by atoms with van der Waals surface area (Å²) in [6, 6.07) is 0. The highest BCUT2D eigenvalue weighted by molar-refractivity contribution is 8.77. The van der Waals surface area contributed by atoms with Gasteiger partial charge in [0.25, 0.3) is 5.17 Å². The molecule has 0 atom stereocenters. The molecule has 0 bridgehead atoms. The molecule has 0 radical (unpaired) electrons. The molecule has 0 aromatic rings. The summed E-state index contributed by atoms with van der Waals surface area (Å²) in [6.07, 6.45) is 5.06. The fourth-order valence-corrected chi connectivity index (χ4v) is 5.79. The first-order chi connectivity index (χ1) is 10.8. The summed E-state index contributed by atoms with van der Waals surface area (Å²) in [5.74, 6) is 3.63. The minimum Gasteiger partial charge on any atom is -0.471 e. The van der Waals surface area contributed by atoms with Crippen molar-refractivity contribution in [2.45, 2.75) is 25.7 Å². The average molecular weight is 365 g/mol. The molecule has 0 aliphatic carbocycles. The Morgan fingerprint density at radius 1 is 1.18 bits per heavy atom. The first-order valence-corrected chi connectivity index (χ1v) is 11.2. The van der Waals surface area contributed by atoms with E-state index in [2.05, 4.69) is 10.2 Å². The van der Waals surface area contributed by atoms with Crippen molar-refractivity contribution >= 4 is 39.0 Å². The van der Waals surface area contributed by atoms with Gasteiger partial charge < -0.3 is 14.8 Å². The molecule has 0 unspecified atom stereocenters. The normalized spacial score (nSPS) is 20.2. The van der Waals surface area contributed by atoms with E-state index in [0.29, 0.717) is 5.17 Å². The molecule has 2 aliphatic heterocycles. The maximum atomic E-state index is 5.57. The van der Waals surface area contributed by atoms with Gasteiger partial charge in [-0.25, -0.2) is 0 Å². The van der Waals surface area contributed by atoms with Crippen LogP contribution in [-0.2, 0) is 9.47 Å². The summed E-state index contributed by atoms with van der Waals surface area (Å²) in [5, 5.41) is 3.74. The van der Waals surface area contributed by atoms with Crippen LogP contribution in [0, 0.1) is 5.92 Å². The number of hydrogen-bond donors (Lipinski definition) is 1. The van der Waals surface area contributed by atoms with Crippen LogP contribution in [0.4, 0.5) is 0 Å². The molecule has 2 rings (SSSR count). The largest absolute Gasteiger partial charge is 0.471 e. The Balaban J connectivity index is 1.36. The molecule has 2 heterocycles. The zero-order valence-corrected chi connectivity index (χ0v) is 15.7. The number of nitrogens with zero attached hydrogens (tertiary/aromatic N) is 1. The van der Waals surface area contributed by atoms with Crippen LogP contribution in [0.1, 0.15) is 25.7 Å². The van der Waals surface area contributed by atoms with Crippen LogP contribution < -0.4 is 5.32 Å². The van der Waals surface area contributed by atoms with Gasteiger partial charge in [0.1, 0.15) is 0 Å². The van der Waals surface area contributed by atoms with Crippen molar-refractivity contribution in [2.75, 3.05) is 57.5 Å². The third kappa shape index (κ3) is 8.24. The molecule has 22 heavy (non-hydrogen) atoms. The number of thiocarbonyl (C=S) groups is 1. The molecule has 0 saturated carbocycles. The zero-order chi connectivity index (χ0) is 15.5. The van der Waals surface area contributed by atoms with Gasteiger partial charge in [-0.15, -0.1) is 0 Å². The highest BCUT2D eigenvalue weighted by Crippen LogP contribution is 2.36. The van der Waals surface area contributed by atoms with Crippen LogP contribution in [0.25, 0.3) is 0 Å². The second-order valence-corrected chi connectivity index (χ2v) is 8.72. The maximum Gasteiger partial charge on any atom is 0.256 e. The van der Waals surface area contributed by atoms with Gasteiger partial charge >= 0.3 is 0 Å². The van der Waals surface area contributed by atoms with Crippen LogP contribution in [0.5, 0.6) is 0 Å². The summed E-state index contributed by atoms with van der Waals surface area (Å²) in [7, 11) is 4.06. The lowest BCUT2D eigenvalue weighted by atomic mass is 10.1. The van der Waals surface area contributed by atoms with Gasteiger partial charge in [0, 0.05) is 37.7 Å². The van der Waals surface area contributed by atoms with Crippen LogP contribution in [0.2, 0.25) is 0 Å². The Bertz CT molecular complexity index is 309. The van der Waals surface area contributed by atoms with E-state index in [1.807, 2.05) is 21.6 Å². The number of rotatable bonds is 9. The molecule has 0 aromatic carbocycles. The third-order valence-electron chi connectivity index (χ3n) is 3.98. The topological polar surface area (TPSA) is 33.7 Å². The van der Waals surface area contributed by atoms with Crippen LogP contribution >= 0.6 is 33.8 Å². The Morgan fingerprint density at radius 3 is 2.73 bits per heavy atom. The van der Waals surface area contributed by atoms with E-state index in [1.54, 1.807) is 0 Å². The number of ether oxygens (including phenoxy) is 2. The van der Waals surface area contributed by atoms with Crippen molar-refractivity contribution in [3.05, 3.63) is 0 Å². The van der Waals surface area contributed by atoms with Crippen molar-refractivity contribution < 1.29 is 9.47 Å². The van der Waals surface area contributed by atoms with Crippen LogP contribution in [-0.4, -0.2) is 67.6 Å². The molecular formula is C15H28N2O2S3. The maximum absolute atomic E-state index is 5.57. The zero-order valence-electron chi connectivity index (χ0n) is 13.3. The fraction of sp³-hybridized carbons (Fsp3) is 0.933. The van der Waals surface area contributed by atoms with Crippen molar-refractivity contribution in [1.82, 2.24) is 10.2 Å². The predicted octanol–water partition coefficient (Wildman–Crippen LogP) is 2.78. The molecule has 4 nitrogen and oxygen atoms in total. The van der Waals surface area contributed by atoms with E-state index in [0.717, 1.165) is 58.3 Å². The Labute approximate surface area is 147 Å². The van der Waals surface area contributed by atoms with Gasteiger partial charge in [0.2, 0.25) is 0 Å². The third-order valence-corrected chi connectivity index (χ3v) is 6.94. The van der Waals surface area contributed by atoms with Crippen LogP contribution in [0.3, 0.4) is 0 Å². The lowest BCUT2D eigenvalue weighted by Gasteiger charge is -2.26. The van der Waals surface area contributed by atoms with Gasteiger partial charge in [0.15, 0.2) is 0 Å². The van der Waals surface area contributed by atoms with Gasteiger partial charge in [0.05, 0.1) is 19.8 Å². The lowest BCUT2D eigenvalue weighted by Crippen LogP contribution is -2.41. The summed E-state index contributed by atoms with van der Waals surface area (Å²) in [6.45, 7) is 6.34. The molecule has 7 heteroatoms. The van der Waals surface area contributed by atoms with E-state index < -0.39 is 0 Å². The molecule has 0 amide bonds. The SMILES string of the molecule is S=C(NCCN1CCOCC1)OCCCCCC1CSSC1. The van der Waals surface area contributed by atoms with Crippen molar-refractivity contribution in [3.8, 4) is 0 Å². The average Bonchev–Trinajstić information content (AvgIpc) is 3.05. The molecule has 0 spiro atoms. The van der Waals surface area contributed by atoms with Gasteiger partial charge in [-0.1, -0.05) is 34.4 Å². The van der Waals surface area contributed by atoms with E-state index in [-0.39, 0.29) is 0 Å². The fourth-order valence-electron chi connectivity index (χ4n) is 2.57. The highest BCUT2D eigenvalue weighted by Gasteiger charge is 2.15. The molecule has 1 N–H and O–H groups in total. The second-order valence-electron chi connectivity index (χ2n) is 5.80. The summed E-state index contributed by atoms with van der Waals surface area (Å²) in [4.78, 5) is 2.39. The predicted molar refractivity (Wildman–Crippen MR) is 101 cm³/mol. The quantitative estimate of drug-likeness (QED) is 0.383. The molecule has 2 saturated heterocycles. The molecular weight excluding hydrogens is 336 g/mol. The number of morpholine rings is 1. The lowest BCUT2D eigenvalue weighted by molar-refractivity contribution is 0.0388. The number of nitrogens with one attached hydrogen (secondary N) is 1. The summed E-state index contributed by atoms with van der Waals surface area (Å²) >= 11 is 5.20. The van der Waals surface area contributed by atoms with E-state index >= 15 is 0 Å². The van der Waals surface area contributed by atoms with E-state index in [9.17, 15) is 0 Å². The second kappa shape index (κ2) is 11.8. The summed E-state index contributed by atoms with van der Waals surface area (Å²) in [5.41, 5.74) is 0. The molecule has 0 aromatic heterocycles. The number of hydrogen-bond acceptors (Lipinski definition) is 6. The Morgan fingerprint density at radius 2 is 1.95 bits per heavy atom. The van der Waals surface area contributed by atoms with Crippen molar-refractivity contribution in [3.63, 3.8) is 0 Å². The van der Waals surface area contributed by atoms with Gasteiger partial charge in [-0.3, -0.25) is 4.90 Å². The van der Waals surface area contributed by atoms with Crippen molar-refractivity contribution in [1.29, 1.82) is 0 Å². The van der Waals surface area contributed by atoms with Crippen LogP contribution in [0.15, 0.2) is 0 Å². The monoisotopic (exact) mass is 364 g/mol. The van der Waals surface area contributed by atoms with Gasteiger partial charge in [-0.2, -0.15) is 0 Å².